The summed E-state index contributed by atoms with van der Waals surface area (Å²) in [6.45, 7) is 4.83. The molecular weight excluding hydrogens is 210 g/mol. The summed E-state index contributed by atoms with van der Waals surface area (Å²) >= 11 is 1.84. The summed E-state index contributed by atoms with van der Waals surface area (Å²) in [5, 5.41) is 12.7. The Morgan fingerprint density at radius 2 is 2.60 bits per heavy atom. The van der Waals surface area contributed by atoms with E-state index >= 15 is 0 Å². The first-order valence-electron chi connectivity index (χ1n) is 5.17. The molecule has 0 fully saturated rings. The van der Waals surface area contributed by atoms with Gasteiger partial charge in [0.2, 0.25) is 0 Å². The number of hydrogen-bond donors (Lipinski definition) is 1. The van der Waals surface area contributed by atoms with E-state index in [2.05, 4.69) is 27.5 Å². The van der Waals surface area contributed by atoms with Crippen molar-refractivity contribution in [1.29, 1.82) is 0 Å². The lowest BCUT2D eigenvalue weighted by Crippen LogP contribution is -2.24. The van der Waals surface area contributed by atoms with Crippen LogP contribution in [0.4, 0.5) is 0 Å². The average Bonchev–Trinajstić information content (AvgIpc) is 2.88. The Balaban J connectivity index is 1.67. The molecule has 0 spiro atoms. The minimum absolute atomic E-state index is 0.666. The highest BCUT2D eigenvalue weighted by Crippen LogP contribution is 2.21. The summed E-state index contributed by atoms with van der Waals surface area (Å²) in [6, 6.07) is 0. The zero-order valence-electron chi connectivity index (χ0n) is 8.76. The van der Waals surface area contributed by atoms with E-state index in [9.17, 15) is 0 Å². The van der Waals surface area contributed by atoms with Crippen molar-refractivity contribution < 1.29 is 0 Å². The number of hydrogen-bond acceptors (Lipinski definition) is 5. The Labute approximate surface area is 93.3 Å². The minimum Gasteiger partial charge on any atom is -0.363 e. The van der Waals surface area contributed by atoms with Gasteiger partial charge < -0.3 is 5.32 Å². The van der Waals surface area contributed by atoms with Gasteiger partial charge in [0.05, 0.1) is 19.3 Å². The highest BCUT2D eigenvalue weighted by molar-refractivity contribution is 8.14. The molecule has 1 atom stereocenters. The van der Waals surface area contributed by atoms with Crippen molar-refractivity contribution in [3.05, 3.63) is 12.4 Å². The molecule has 82 valence electrons. The molecule has 1 aromatic rings. The molecule has 1 unspecified atom stereocenters. The molecule has 0 amide bonds. The third-order valence-electron chi connectivity index (χ3n) is 2.26. The molecule has 1 aliphatic heterocycles. The molecule has 0 saturated carbocycles. The van der Waals surface area contributed by atoms with Gasteiger partial charge in [-0.25, -0.2) is 0 Å². The lowest BCUT2D eigenvalue weighted by atomic mass is 10.3. The topological polar surface area (TPSA) is 55.1 Å². The molecule has 1 N–H and O–H groups in total. The van der Waals surface area contributed by atoms with E-state index in [1.54, 1.807) is 6.20 Å². The van der Waals surface area contributed by atoms with Crippen LogP contribution < -0.4 is 5.32 Å². The Morgan fingerprint density at radius 1 is 1.67 bits per heavy atom. The van der Waals surface area contributed by atoms with Gasteiger partial charge in [0.15, 0.2) is 5.17 Å². The Hall–Kier alpha value is -1.04. The van der Waals surface area contributed by atoms with Gasteiger partial charge >= 0.3 is 0 Å². The second-order valence-electron chi connectivity index (χ2n) is 3.39. The molecule has 2 heterocycles. The average molecular weight is 225 g/mol. The fraction of sp³-hybridized carbons (Fsp3) is 0.667. The van der Waals surface area contributed by atoms with Gasteiger partial charge in [-0.1, -0.05) is 23.9 Å². The maximum atomic E-state index is 4.43. The fourth-order valence-electron chi connectivity index (χ4n) is 1.36. The van der Waals surface area contributed by atoms with E-state index in [-0.39, 0.29) is 0 Å². The number of nitrogens with one attached hydrogen (secondary N) is 1. The van der Waals surface area contributed by atoms with Gasteiger partial charge in [-0.2, -0.15) is 0 Å². The first-order chi connectivity index (χ1) is 7.38. The summed E-state index contributed by atoms with van der Waals surface area (Å²) < 4.78 is 1.81. The van der Waals surface area contributed by atoms with Crippen molar-refractivity contribution in [2.75, 3.05) is 13.1 Å². The molecule has 5 nitrogen and oxygen atoms in total. The third kappa shape index (κ3) is 2.95. The molecule has 1 aliphatic rings. The van der Waals surface area contributed by atoms with Crippen LogP contribution in [0.3, 0.4) is 0 Å². The zero-order valence-corrected chi connectivity index (χ0v) is 9.57. The van der Waals surface area contributed by atoms with Crippen molar-refractivity contribution >= 4 is 16.9 Å². The number of amidine groups is 1. The zero-order chi connectivity index (χ0) is 10.5. The Morgan fingerprint density at radius 3 is 3.27 bits per heavy atom. The first kappa shape index (κ1) is 10.5. The molecule has 0 saturated heterocycles. The van der Waals surface area contributed by atoms with Crippen LogP contribution >= 0.6 is 11.8 Å². The van der Waals surface area contributed by atoms with E-state index in [4.69, 9.17) is 0 Å². The summed E-state index contributed by atoms with van der Waals surface area (Å²) in [6.07, 6.45) is 4.73. The molecule has 0 bridgehead atoms. The maximum absolute atomic E-state index is 4.43. The SMILES string of the molecule is CCC1CN=C(NCCn2ccnn2)S1. The largest absolute Gasteiger partial charge is 0.363 e. The van der Waals surface area contributed by atoms with Gasteiger partial charge in [-0.05, 0) is 6.42 Å². The minimum atomic E-state index is 0.666. The van der Waals surface area contributed by atoms with Crippen LogP contribution in [0, 0.1) is 0 Å². The highest BCUT2D eigenvalue weighted by Gasteiger charge is 2.16. The summed E-state index contributed by atoms with van der Waals surface area (Å²) in [4.78, 5) is 4.43. The van der Waals surface area contributed by atoms with E-state index in [0.717, 1.165) is 24.8 Å². The molecular formula is C9H15N5S. The van der Waals surface area contributed by atoms with Gasteiger partial charge in [-0.15, -0.1) is 5.10 Å². The van der Waals surface area contributed by atoms with Crippen molar-refractivity contribution in [2.45, 2.75) is 25.1 Å². The number of nitrogens with zero attached hydrogens (tertiary/aromatic N) is 4. The fourth-order valence-corrected chi connectivity index (χ4v) is 2.32. The van der Waals surface area contributed by atoms with Gasteiger partial charge in [-0.3, -0.25) is 9.67 Å². The van der Waals surface area contributed by atoms with Crippen molar-refractivity contribution in [1.82, 2.24) is 20.3 Å². The monoisotopic (exact) mass is 225 g/mol. The predicted molar refractivity (Wildman–Crippen MR) is 62.0 cm³/mol. The smallest absolute Gasteiger partial charge is 0.156 e. The molecule has 0 radical (unpaired) electrons. The normalized spacial score (nSPS) is 20.3. The summed E-state index contributed by atoms with van der Waals surface area (Å²) in [5.74, 6) is 0. The standard InChI is InChI=1S/C9H15N5S/c1-2-8-7-11-9(15-8)10-3-5-14-6-4-12-13-14/h4,6,8H,2-3,5,7H2,1H3,(H,10,11). The molecule has 2 rings (SSSR count). The van der Waals surface area contributed by atoms with E-state index in [1.165, 1.54) is 6.42 Å². The van der Waals surface area contributed by atoms with Crippen molar-refractivity contribution in [3.8, 4) is 0 Å². The van der Waals surface area contributed by atoms with E-state index in [0.29, 0.717) is 5.25 Å². The van der Waals surface area contributed by atoms with Crippen LogP contribution in [-0.4, -0.2) is 38.5 Å². The van der Waals surface area contributed by atoms with Crippen LogP contribution in [0.2, 0.25) is 0 Å². The third-order valence-corrected chi connectivity index (χ3v) is 3.57. The number of aliphatic imine (C=N–C) groups is 1. The van der Waals surface area contributed by atoms with Crippen molar-refractivity contribution in [3.63, 3.8) is 0 Å². The van der Waals surface area contributed by atoms with Crippen LogP contribution in [0.25, 0.3) is 0 Å². The van der Waals surface area contributed by atoms with E-state index < -0.39 is 0 Å². The molecule has 0 aliphatic carbocycles. The highest BCUT2D eigenvalue weighted by atomic mass is 32.2. The van der Waals surface area contributed by atoms with Crippen LogP contribution in [0.15, 0.2) is 17.4 Å². The molecule has 0 aromatic carbocycles. The maximum Gasteiger partial charge on any atom is 0.156 e. The van der Waals surface area contributed by atoms with Gasteiger partial charge in [0.1, 0.15) is 0 Å². The number of rotatable bonds is 4. The molecule has 1 aromatic heterocycles. The second-order valence-corrected chi connectivity index (χ2v) is 4.68. The predicted octanol–water partition coefficient (Wildman–Crippen LogP) is 0.749. The quantitative estimate of drug-likeness (QED) is 0.821. The number of aromatic nitrogens is 3. The van der Waals surface area contributed by atoms with E-state index in [1.807, 2.05) is 22.6 Å². The van der Waals surface area contributed by atoms with Crippen molar-refractivity contribution in [2.24, 2.45) is 4.99 Å². The Bertz CT molecular complexity index is 321. The van der Waals surface area contributed by atoms with Gasteiger partial charge in [0.25, 0.3) is 0 Å². The first-order valence-corrected chi connectivity index (χ1v) is 6.05. The lowest BCUT2D eigenvalue weighted by molar-refractivity contribution is 0.581. The number of thioether (sulfide) groups is 1. The lowest BCUT2D eigenvalue weighted by Gasteiger charge is -2.06. The molecule has 15 heavy (non-hydrogen) atoms. The molecule has 6 heteroatoms. The van der Waals surface area contributed by atoms with Crippen LogP contribution in [0.1, 0.15) is 13.3 Å². The Kier molecular flexibility index (Phi) is 3.60. The van der Waals surface area contributed by atoms with Gasteiger partial charge in [0, 0.05) is 18.0 Å². The van der Waals surface area contributed by atoms with Crippen LogP contribution in [-0.2, 0) is 6.54 Å². The summed E-state index contributed by atoms with van der Waals surface area (Å²) in [5.41, 5.74) is 0. The summed E-state index contributed by atoms with van der Waals surface area (Å²) in [7, 11) is 0. The van der Waals surface area contributed by atoms with Crippen LogP contribution in [0.5, 0.6) is 0 Å². The second kappa shape index (κ2) is 5.16.